The lowest BCUT2D eigenvalue weighted by atomic mass is 10.1. The van der Waals surface area contributed by atoms with Gasteiger partial charge in [-0.2, -0.15) is 0 Å². The molecule has 1 heterocycles. The smallest absolute Gasteiger partial charge is 0.263 e. The topological polar surface area (TPSA) is 49.9 Å². The number of benzene rings is 2. The van der Waals surface area contributed by atoms with E-state index >= 15 is 0 Å². The Morgan fingerprint density at radius 2 is 1.48 bits per heavy atom. The van der Waals surface area contributed by atoms with Gasteiger partial charge in [-0.05, 0) is 50.2 Å². The minimum absolute atomic E-state index is 0.0391. The lowest BCUT2D eigenvalue weighted by Gasteiger charge is -2.36. The first-order valence-electron chi connectivity index (χ1n) is 9.01. The van der Waals surface area contributed by atoms with E-state index in [0.29, 0.717) is 42.5 Å². The van der Waals surface area contributed by atoms with Gasteiger partial charge < -0.3 is 14.5 Å². The molecule has 1 atom stereocenters. The zero-order valence-electron chi connectivity index (χ0n) is 15.5. The summed E-state index contributed by atoms with van der Waals surface area (Å²) in [5.41, 5.74) is 1.75. The third kappa shape index (κ3) is 4.80. The number of ether oxygens (including phenoxy) is 1. The van der Waals surface area contributed by atoms with Crippen molar-refractivity contribution in [1.29, 1.82) is 0 Å². The molecule has 0 spiro atoms. The Hall–Kier alpha value is -2.53. The van der Waals surface area contributed by atoms with Gasteiger partial charge in [-0.1, -0.05) is 29.3 Å². The van der Waals surface area contributed by atoms with Gasteiger partial charge in [0.05, 0.1) is 0 Å². The van der Waals surface area contributed by atoms with E-state index in [1.54, 1.807) is 41.0 Å². The largest absolute Gasteiger partial charge is 0.481 e. The van der Waals surface area contributed by atoms with E-state index in [1.807, 2.05) is 31.2 Å². The van der Waals surface area contributed by atoms with Crippen LogP contribution in [0.1, 0.15) is 22.8 Å². The maximum atomic E-state index is 12.6. The van der Waals surface area contributed by atoms with Gasteiger partial charge in [-0.15, -0.1) is 0 Å². The van der Waals surface area contributed by atoms with Crippen molar-refractivity contribution in [3.8, 4) is 5.75 Å². The highest BCUT2D eigenvalue weighted by Gasteiger charge is 2.28. The van der Waals surface area contributed by atoms with Crippen LogP contribution in [0.2, 0.25) is 5.02 Å². The molecule has 0 aromatic heterocycles. The van der Waals surface area contributed by atoms with Gasteiger partial charge in [0.25, 0.3) is 11.8 Å². The van der Waals surface area contributed by atoms with Gasteiger partial charge in [0.1, 0.15) is 5.75 Å². The van der Waals surface area contributed by atoms with Gasteiger partial charge in [0, 0.05) is 36.8 Å². The predicted octanol–water partition coefficient (Wildman–Crippen LogP) is 3.40. The summed E-state index contributed by atoms with van der Waals surface area (Å²) < 4.78 is 5.75. The summed E-state index contributed by atoms with van der Waals surface area (Å²) in [6.45, 7) is 5.77. The Morgan fingerprint density at radius 1 is 0.926 bits per heavy atom. The Labute approximate surface area is 164 Å². The molecule has 2 aromatic carbocycles. The number of halogens is 1. The van der Waals surface area contributed by atoms with E-state index < -0.39 is 6.10 Å². The van der Waals surface area contributed by atoms with E-state index in [9.17, 15) is 9.59 Å². The summed E-state index contributed by atoms with van der Waals surface area (Å²) >= 11 is 5.87. The summed E-state index contributed by atoms with van der Waals surface area (Å²) in [6, 6.07) is 14.5. The molecular formula is C21H23ClN2O3. The quantitative estimate of drug-likeness (QED) is 0.809. The highest BCUT2D eigenvalue weighted by molar-refractivity contribution is 6.30. The summed E-state index contributed by atoms with van der Waals surface area (Å²) in [4.78, 5) is 28.7. The van der Waals surface area contributed by atoms with Crippen LogP contribution in [0.15, 0.2) is 48.5 Å². The molecule has 0 aliphatic carbocycles. The van der Waals surface area contributed by atoms with Crippen LogP contribution in [-0.2, 0) is 4.79 Å². The fourth-order valence-electron chi connectivity index (χ4n) is 3.03. The first kappa shape index (κ1) is 19.2. The molecule has 1 aliphatic heterocycles. The average Bonchev–Trinajstić information content (AvgIpc) is 2.69. The molecule has 0 bridgehead atoms. The molecule has 142 valence electrons. The third-order valence-electron chi connectivity index (χ3n) is 4.65. The number of carbonyl (C=O) groups excluding carboxylic acids is 2. The number of aryl methyl sites for hydroxylation is 1. The van der Waals surface area contributed by atoms with Crippen molar-refractivity contribution in [3.05, 3.63) is 64.7 Å². The molecule has 1 fully saturated rings. The normalized spacial score (nSPS) is 15.4. The standard InChI is InChI=1S/C21H23ClN2O3/c1-15-3-9-19(10-4-15)27-16(2)20(25)23-11-13-24(14-12-23)21(26)17-5-7-18(22)8-6-17/h3-10,16H,11-14H2,1-2H3. The Morgan fingerprint density at radius 3 is 2.07 bits per heavy atom. The molecule has 2 amide bonds. The third-order valence-corrected chi connectivity index (χ3v) is 4.90. The maximum Gasteiger partial charge on any atom is 0.263 e. The summed E-state index contributed by atoms with van der Waals surface area (Å²) in [7, 11) is 0. The van der Waals surface area contributed by atoms with E-state index in [4.69, 9.17) is 16.3 Å². The van der Waals surface area contributed by atoms with Gasteiger partial charge in [-0.25, -0.2) is 0 Å². The second kappa shape index (κ2) is 8.44. The number of hydrogen-bond donors (Lipinski definition) is 0. The van der Waals surface area contributed by atoms with Crippen LogP contribution in [0.4, 0.5) is 0 Å². The number of amides is 2. The van der Waals surface area contributed by atoms with Crippen LogP contribution < -0.4 is 4.74 Å². The monoisotopic (exact) mass is 386 g/mol. The maximum absolute atomic E-state index is 12.6. The number of hydrogen-bond acceptors (Lipinski definition) is 3. The van der Waals surface area contributed by atoms with E-state index in [-0.39, 0.29) is 11.8 Å². The molecular weight excluding hydrogens is 364 g/mol. The Kier molecular flexibility index (Phi) is 6.01. The highest BCUT2D eigenvalue weighted by Crippen LogP contribution is 2.16. The second-order valence-electron chi connectivity index (χ2n) is 6.70. The van der Waals surface area contributed by atoms with Crippen molar-refractivity contribution in [2.24, 2.45) is 0 Å². The lowest BCUT2D eigenvalue weighted by molar-refractivity contribution is -0.139. The Bertz CT molecular complexity index is 797. The molecule has 1 unspecified atom stereocenters. The van der Waals surface area contributed by atoms with Crippen molar-refractivity contribution in [2.75, 3.05) is 26.2 Å². The van der Waals surface area contributed by atoms with Crippen molar-refractivity contribution in [3.63, 3.8) is 0 Å². The zero-order valence-corrected chi connectivity index (χ0v) is 16.3. The van der Waals surface area contributed by atoms with Crippen LogP contribution >= 0.6 is 11.6 Å². The number of piperazine rings is 1. The van der Waals surface area contributed by atoms with Gasteiger partial charge in [0.2, 0.25) is 0 Å². The summed E-state index contributed by atoms with van der Waals surface area (Å²) in [5, 5.41) is 0.601. The number of rotatable bonds is 4. The van der Waals surface area contributed by atoms with Crippen LogP contribution in [0.3, 0.4) is 0 Å². The fourth-order valence-corrected chi connectivity index (χ4v) is 3.16. The molecule has 0 radical (unpaired) electrons. The molecule has 6 heteroatoms. The average molecular weight is 387 g/mol. The molecule has 27 heavy (non-hydrogen) atoms. The van der Waals surface area contributed by atoms with Crippen LogP contribution in [-0.4, -0.2) is 53.9 Å². The molecule has 0 saturated carbocycles. The van der Waals surface area contributed by atoms with Gasteiger partial charge >= 0.3 is 0 Å². The first-order chi connectivity index (χ1) is 12.9. The van der Waals surface area contributed by atoms with Crippen molar-refractivity contribution in [1.82, 2.24) is 9.80 Å². The van der Waals surface area contributed by atoms with Crippen molar-refractivity contribution >= 4 is 23.4 Å². The zero-order chi connectivity index (χ0) is 19.4. The van der Waals surface area contributed by atoms with E-state index in [0.717, 1.165) is 5.56 Å². The minimum Gasteiger partial charge on any atom is -0.481 e. The molecule has 5 nitrogen and oxygen atoms in total. The molecule has 1 saturated heterocycles. The lowest BCUT2D eigenvalue weighted by Crippen LogP contribution is -2.53. The van der Waals surface area contributed by atoms with Crippen molar-refractivity contribution < 1.29 is 14.3 Å². The fraction of sp³-hybridized carbons (Fsp3) is 0.333. The van der Waals surface area contributed by atoms with Crippen molar-refractivity contribution in [2.45, 2.75) is 20.0 Å². The molecule has 3 rings (SSSR count). The molecule has 0 N–H and O–H groups in total. The summed E-state index contributed by atoms with van der Waals surface area (Å²) in [6.07, 6.45) is -0.564. The number of carbonyl (C=O) groups is 2. The Balaban J connectivity index is 1.53. The highest BCUT2D eigenvalue weighted by atomic mass is 35.5. The van der Waals surface area contributed by atoms with Crippen LogP contribution in [0.25, 0.3) is 0 Å². The predicted molar refractivity (Wildman–Crippen MR) is 105 cm³/mol. The number of nitrogens with zero attached hydrogens (tertiary/aromatic N) is 2. The molecule has 1 aliphatic rings. The first-order valence-corrected chi connectivity index (χ1v) is 9.39. The second-order valence-corrected chi connectivity index (χ2v) is 7.13. The van der Waals surface area contributed by atoms with Crippen LogP contribution in [0.5, 0.6) is 5.75 Å². The van der Waals surface area contributed by atoms with Gasteiger partial charge in [-0.3, -0.25) is 9.59 Å². The minimum atomic E-state index is -0.564. The van der Waals surface area contributed by atoms with Gasteiger partial charge in [0.15, 0.2) is 6.10 Å². The van der Waals surface area contributed by atoms with Crippen LogP contribution in [0, 0.1) is 6.92 Å². The molecule has 2 aromatic rings. The summed E-state index contributed by atoms with van der Waals surface area (Å²) in [5.74, 6) is 0.579. The van der Waals surface area contributed by atoms with E-state index in [1.165, 1.54) is 0 Å². The van der Waals surface area contributed by atoms with E-state index in [2.05, 4.69) is 0 Å². The SMILES string of the molecule is Cc1ccc(OC(C)C(=O)N2CCN(C(=O)c3ccc(Cl)cc3)CC2)cc1.